The van der Waals surface area contributed by atoms with Crippen LogP contribution in [0.25, 0.3) is 0 Å². The van der Waals surface area contributed by atoms with E-state index in [1.807, 2.05) is 13.8 Å². The Hall–Kier alpha value is -0.630. The smallest absolute Gasteiger partial charge is 0.287 e. The van der Waals surface area contributed by atoms with Crippen molar-refractivity contribution in [1.29, 1.82) is 0 Å². The van der Waals surface area contributed by atoms with Gasteiger partial charge in [0.25, 0.3) is 0 Å². The summed E-state index contributed by atoms with van der Waals surface area (Å²) in [6, 6.07) is 0. The van der Waals surface area contributed by atoms with Crippen LogP contribution in [-0.4, -0.2) is 44.3 Å². The van der Waals surface area contributed by atoms with Crippen molar-refractivity contribution in [1.82, 2.24) is 19.7 Å². The van der Waals surface area contributed by atoms with E-state index in [4.69, 9.17) is 0 Å². The summed E-state index contributed by atoms with van der Waals surface area (Å²) in [5.74, 6) is 0.937. The van der Waals surface area contributed by atoms with E-state index < -0.39 is 12.7 Å². The van der Waals surface area contributed by atoms with Gasteiger partial charge in [-0.1, -0.05) is 29.8 Å². The molecule has 1 rings (SSSR count). The van der Waals surface area contributed by atoms with Gasteiger partial charge in [0.15, 0.2) is 0 Å². The molecule has 1 aromatic rings. The van der Waals surface area contributed by atoms with Crippen LogP contribution in [-0.2, 0) is 13.1 Å². The average molecular weight is 343 g/mol. The molecule has 0 saturated carbocycles. The molecular formula is C11H18BrF3N4. The lowest BCUT2D eigenvalue weighted by molar-refractivity contribution is -0.146. The van der Waals surface area contributed by atoms with E-state index in [-0.39, 0.29) is 6.54 Å². The van der Waals surface area contributed by atoms with E-state index in [1.54, 1.807) is 4.68 Å². The Bertz CT molecular complexity index is 378. The predicted octanol–water partition coefficient (Wildman–Crippen LogP) is 2.69. The summed E-state index contributed by atoms with van der Waals surface area (Å²) in [5.41, 5.74) is 0. The van der Waals surface area contributed by atoms with Crippen molar-refractivity contribution >= 4 is 15.9 Å². The van der Waals surface area contributed by atoms with Crippen LogP contribution in [0, 0.1) is 5.92 Å². The lowest BCUT2D eigenvalue weighted by Crippen LogP contribution is -2.36. The van der Waals surface area contributed by atoms with E-state index in [1.165, 1.54) is 11.2 Å². The molecule has 19 heavy (non-hydrogen) atoms. The van der Waals surface area contributed by atoms with Gasteiger partial charge in [-0.15, -0.1) is 0 Å². The van der Waals surface area contributed by atoms with Crippen LogP contribution in [0.3, 0.4) is 0 Å². The van der Waals surface area contributed by atoms with E-state index in [9.17, 15) is 13.2 Å². The molecule has 8 heteroatoms. The summed E-state index contributed by atoms with van der Waals surface area (Å²) >= 11 is 3.17. The zero-order valence-electron chi connectivity index (χ0n) is 11.0. The summed E-state index contributed by atoms with van der Waals surface area (Å²) in [7, 11) is 0. The molecular weight excluding hydrogens is 325 g/mol. The van der Waals surface area contributed by atoms with Gasteiger partial charge >= 0.3 is 6.18 Å². The third-order valence-corrected chi connectivity index (χ3v) is 2.76. The zero-order chi connectivity index (χ0) is 14.5. The highest BCUT2D eigenvalue weighted by atomic mass is 79.9. The highest BCUT2D eigenvalue weighted by molar-refractivity contribution is 9.09. The van der Waals surface area contributed by atoms with Gasteiger partial charge in [0, 0.05) is 18.4 Å². The van der Waals surface area contributed by atoms with Crippen LogP contribution in [0.5, 0.6) is 0 Å². The summed E-state index contributed by atoms with van der Waals surface area (Å²) < 4.78 is 39.1. The fourth-order valence-electron chi connectivity index (χ4n) is 1.70. The molecule has 0 spiro atoms. The SMILES string of the molecule is CC(C)Cn1ncnc1CN(CCBr)CC(F)(F)F. The molecule has 110 valence electrons. The normalized spacial score (nSPS) is 12.6. The van der Waals surface area contributed by atoms with Crippen LogP contribution in [0.15, 0.2) is 6.33 Å². The molecule has 0 bridgehead atoms. The molecule has 0 aliphatic rings. The van der Waals surface area contributed by atoms with Crippen molar-refractivity contribution < 1.29 is 13.2 Å². The number of alkyl halides is 4. The Morgan fingerprint density at radius 2 is 2.11 bits per heavy atom. The van der Waals surface area contributed by atoms with Crippen LogP contribution >= 0.6 is 15.9 Å². The van der Waals surface area contributed by atoms with Crippen molar-refractivity contribution in [2.75, 3.05) is 18.4 Å². The van der Waals surface area contributed by atoms with Gasteiger partial charge in [0.05, 0.1) is 13.1 Å². The van der Waals surface area contributed by atoms with Crippen molar-refractivity contribution in [3.63, 3.8) is 0 Å². The molecule has 1 aromatic heterocycles. The molecule has 0 N–H and O–H groups in total. The fourth-order valence-corrected chi connectivity index (χ4v) is 2.20. The molecule has 0 atom stereocenters. The number of hydrogen-bond donors (Lipinski definition) is 0. The van der Waals surface area contributed by atoms with E-state index >= 15 is 0 Å². The quantitative estimate of drug-likeness (QED) is 0.714. The predicted molar refractivity (Wildman–Crippen MR) is 70.0 cm³/mol. The molecule has 4 nitrogen and oxygen atoms in total. The van der Waals surface area contributed by atoms with Crippen molar-refractivity contribution in [3.8, 4) is 0 Å². The molecule has 0 aromatic carbocycles. The van der Waals surface area contributed by atoms with Crippen molar-refractivity contribution in [2.45, 2.75) is 33.1 Å². The van der Waals surface area contributed by atoms with Gasteiger partial charge in [0.2, 0.25) is 0 Å². The van der Waals surface area contributed by atoms with Gasteiger partial charge in [-0.05, 0) is 5.92 Å². The molecule has 0 fully saturated rings. The molecule has 0 saturated heterocycles. The summed E-state index contributed by atoms with van der Waals surface area (Å²) in [6.45, 7) is 4.23. The molecule has 1 heterocycles. The lowest BCUT2D eigenvalue weighted by atomic mass is 10.2. The first-order valence-corrected chi connectivity index (χ1v) is 7.15. The Morgan fingerprint density at radius 1 is 1.42 bits per heavy atom. The lowest BCUT2D eigenvalue weighted by Gasteiger charge is -2.22. The minimum absolute atomic E-state index is 0.151. The minimum atomic E-state index is -4.20. The Balaban J connectivity index is 2.70. The maximum Gasteiger partial charge on any atom is 0.401 e. The van der Waals surface area contributed by atoms with E-state index in [0.29, 0.717) is 30.2 Å². The number of hydrogen-bond acceptors (Lipinski definition) is 3. The first kappa shape index (κ1) is 16.4. The largest absolute Gasteiger partial charge is 0.401 e. The second-order valence-corrected chi connectivity index (χ2v) is 5.56. The highest BCUT2D eigenvalue weighted by Crippen LogP contribution is 2.18. The third-order valence-electron chi connectivity index (χ3n) is 2.40. The zero-order valence-corrected chi connectivity index (χ0v) is 12.6. The second kappa shape index (κ2) is 7.23. The summed E-state index contributed by atoms with van der Waals surface area (Å²) in [6.07, 6.45) is -2.82. The number of nitrogens with zero attached hydrogens (tertiary/aromatic N) is 4. The van der Waals surface area contributed by atoms with Gasteiger partial charge in [-0.3, -0.25) is 4.90 Å². The number of aromatic nitrogens is 3. The minimum Gasteiger partial charge on any atom is -0.287 e. The van der Waals surface area contributed by atoms with Gasteiger partial charge in [-0.2, -0.15) is 18.3 Å². The molecule has 0 aliphatic carbocycles. The Morgan fingerprint density at radius 3 is 2.63 bits per heavy atom. The summed E-state index contributed by atoms with van der Waals surface area (Å²) in [5, 5.41) is 4.54. The second-order valence-electron chi connectivity index (χ2n) is 4.77. The maximum atomic E-state index is 12.5. The standard InChI is InChI=1S/C11H18BrF3N4/c1-9(2)5-19-10(16-8-17-19)6-18(4-3-12)7-11(13,14)15/h8-9H,3-7H2,1-2H3. The Kier molecular flexibility index (Phi) is 6.25. The first-order valence-electron chi connectivity index (χ1n) is 6.03. The van der Waals surface area contributed by atoms with Crippen LogP contribution in [0.1, 0.15) is 19.7 Å². The monoisotopic (exact) mass is 342 g/mol. The molecule has 0 unspecified atom stereocenters. The third kappa shape index (κ3) is 6.38. The molecule has 0 radical (unpaired) electrons. The van der Waals surface area contributed by atoms with Crippen LogP contribution in [0.2, 0.25) is 0 Å². The molecule has 0 aliphatic heterocycles. The first-order chi connectivity index (χ1) is 8.81. The number of rotatable bonds is 7. The van der Waals surface area contributed by atoms with Crippen molar-refractivity contribution in [3.05, 3.63) is 12.2 Å². The van der Waals surface area contributed by atoms with Gasteiger partial charge in [-0.25, -0.2) is 9.67 Å². The average Bonchev–Trinajstić information content (AvgIpc) is 2.62. The van der Waals surface area contributed by atoms with Gasteiger partial charge in [0.1, 0.15) is 12.2 Å². The fraction of sp³-hybridized carbons (Fsp3) is 0.818. The Labute approximate surface area is 119 Å². The highest BCUT2D eigenvalue weighted by Gasteiger charge is 2.31. The van der Waals surface area contributed by atoms with Crippen LogP contribution in [0.4, 0.5) is 13.2 Å². The maximum absolute atomic E-state index is 12.5. The van der Waals surface area contributed by atoms with E-state index in [2.05, 4.69) is 26.0 Å². The van der Waals surface area contributed by atoms with Crippen LogP contribution < -0.4 is 0 Å². The van der Waals surface area contributed by atoms with E-state index in [0.717, 1.165) is 0 Å². The van der Waals surface area contributed by atoms with Gasteiger partial charge < -0.3 is 0 Å². The summed E-state index contributed by atoms with van der Waals surface area (Å²) in [4.78, 5) is 5.36. The topological polar surface area (TPSA) is 34.0 Å². The van der Waals surface area contributed by atoms with Crippen molar-refractivity contribution in [2.24, 2.45) is 5.92 Å². The number of halogens is 4. The molecule has 0 amide bonds.